The summed E-state index contributed by atoms with van der Waals surface area (Å²) in [4.78, 5) is 0. The second kappa shape index (κ2) is 4.93. The van der Waals surface area contributed by atoms with E-state index < -0.39 is 13.0 Å². The van der Waals surface area contributed by atoms with Crippen LogP contribution in [-0.4, -0.2) is 14.9 Å². The van der Waals surface area contributed by atoms with Gasteiger partial charge in [0, 0.05) is 10.0 Å². The van der Waals surface area contributed by atoms with Gasteiger partial charge in [-0.25, -0.2) is 13.5 Å². The first-order valence-electron chi connectivity index (χ1n) is 4.85. The lowest BCUT2D eigenvalue weighted by Crippen LogP contribution is -2.04. The van der Waals surface area contributed by atoms with Gasteiger partial charge in [-0.05, 0) is 18.2 Å². The van der Waals surface area contributed by atoms with E-state index in [-0.39, 0.29) is 11.3 Å². The number of nitrogens with zero attached hydrogens (tertiary/aromatic N) is 2. The number of halogens is 3. The van der Waals surface area contributed by atoms with Gasteiger partial charge in [0.25, 0.3) is 6.43 Å². The van der Waals surface area contributed by atoms with Crippen molar-refractivity contribution in [2.24, 2.45) is 0 Å². The monoisotopic (exact) mass is 302 g/mol. The molecule has 0 amide bonds. The SMILES string of the molecule is OCc1cnn(-c2cccc(Br)c2)c1C(F)F. The molecule has 0 radical (unpaired) electrons. The third-order valence-corrected chi connectivity index (χ3v) is 2.81. The second-order valence-electron chi connectivity index (χ2n) is 3.41. The van der Waals surface area contributed by atoms with Crippen molar-refractivity contribution in [3.8, 4) is 5.69 Å². The van der Waals surface area contributed by atoms with Crippen molar-refractivity contribution < 1.29 is 13.9 Å². The van der Waals surface area contributed by atoms with Gasteiger partial charge in [-0.2, -0.15) is 5.10 Å². The van der Waals surface area contributed by atoms with E-state index in [9.17, 15) is 8.78 Å². The van der Waals surface area contributed by atoms with Gasteiger partial charge in [0.1, 0.15) is 5.69 Å². The maximum Gasteiger partial charge on any atom is 0.280 e. The second-order valence-corrected chi connectivity index (χ2v) is 4.32. The Kier molecular flexibility index (Phi) is 3.54. The first-order valence-corrected chi connectivity index (χ1v) is 5.64. The topological polar surface area (TPSA) is 38.1 Å². The molecule has 6 heteroatoms. The molecule has 1 aromatic heterocycles. The molecule has 17 heavy (non-hydrogen) atoms. The van der Waals surface area contributed by atoms with Crippen LogP contribution in [0.3, 0.4) is 0 Å². The largest absolute Gasteiger partial charge is 0.392 e. The van der Waals surface area contributed by atoms with Crippen LogP contribution in [0.25, 0.3) is 5.69 Å². The van der Waals surface area contributed by atoms with E-state index in [0.717, 1.165) is 9.15 Å². The van der Waals surface area contributed by atoms with E-state index in [2.05, 4.69) is 21.0 Å². The highest BCUT2D eigenvalue weighted by Gasteiger charge is 2.20. The van der Waals surface area contributed by atoms with Gasteiger partial charge in [-0.3, -0.25) is 0 Å². The first kappa shape index (κ1) is 12.2. The molecule has 0 saturated carbocycles. The van der Waals surface area contributed by atoms with E-state index in [0.29, 0.717) is 5.69 Å². The van der Waals surface area contributed by atoms with Crippen LogP contribution in [-0.2, 0) is 6.61 Å². The number of hydrogen-bond acceptors (Lipinski definition) is 2. The van der Waals surface area contributed by atoms with Gasteiger partial charge >= 0.3 is 0 Å². The van der Waals surface area contributed by atoms with Crippen LogP contribution in [0.15, 0.2) is 34.9 Å². The van der Waals surface area contributed by atoms with Crippen LogP contribution in [0.5, 0.6) is 0 Å². The third kappa shape index (κ3) is 2.37. The molecule has 0 bridgehead atoms. The van der Waals surface area contributed by atoms with E-state index in [4.69, 9.17) is 5.11 Å². The summed E-state index contributed by atoms with van der Waals surface area (Å²) in [6, 6.07) is 6.88. The van der Waals surface area contributed by atoms with Crippen molar-refractivity contribution in [2.75, 3.05) is 0 Å². The maximum absolute atomic E-state index is 12.9. The molecule has 0 unspecified atom stereocenters. The van der Waals surface area contributed by atoms with Gasteiger partial charge in [0.05, 0.1) is 18.5 Å². The Labute approximate surface area is 105 Å². The lowest BCUT2D eigenvalue weighted by molar-refractivity contribution is 0.138. The summed E-state index contributed by atoms with van der Waals surface area (Å²) >= 11 is 3.27. The summed E-state index contributed by atoms with van der Waals surface area (Å²) in [6.45, 7) is -0.451. The molecule has 1 heterocycles. The van der Waals surface area contributed by atoms with Gasteiger partial charge in [-0.15, -0.1) is 0 Å². The van der Waals surface area contributed by atoms with Crippen molar-refractivity contribution in [1.82, 2.24) is 9.78 Å². The summed E-state index contributed by atoms with van der Waals surface area (Å²) in [5, 5.41) is 12.9. The zero-order chi connectivity index (χ0) is 12.4. The minimum absolute atomic E-state index is 0.139. The summed E-state index contributed by atoms with van der Waals surface area (Å²) in [5.74, 6) is 0. The number of alkyl halides is 2. The number of hydrogen-bond donors (Lipinski definition) is 1. The highest BCUT2D eigenvalue weighted by Crippen LogP contribution is 2.26. The quantitative estimate of drug-likeness (QED) is 0.946. The highest BCUT2D eigenvalue weighted by molar-refractivity contribution is 9.10. The molecule has 2 aromatic rings. The smallest absolute Gasteiger partial charge is 0.280 e. The van der Waals surface area contributed by atoms with Crippen LogP contribution < -0.4 is 0 Å². The number of rotatable bonds is 3. The van der Waals surface area contributed by atoms with Crippen LogP contribution in [0.2, 0.25) is 0 Å². The minimum atomic E-state index is -2.68. The first-order chi connectivity index (χ1) is 8.13. The minimum Gasteiger partial charge on any atom is -0.392 e. The molecular formula is C11H9BrF2N2O. The van der Waals surface area contributed by atoms with Crippen LogP contribution in [0, 0.1) is 0 Å². The zero-order valence-corrected chi connectivity index (χ0v) is 10.2. The predicted molar refractivity (Wildman–Crippen MR) is 62.1 cm³/mol. The zero-order valence-electron chi connectivity index (χ0n) is 8.65. The van der Waals surface area contributed by atoms with Gasteiger partial charge in [-0.1, -0.05) is 22.0 Å². The molecule has 0 spiro atoms. The van der Waals surface area contributed by atoms with Gasteiger partial charge in [0.15, 0.2) is 0 Å². The Bertz CT molecular complexity index is 528. The molecular weight excluding hydrogens is 294 g/mol. The number of aromatic nitrogens is 2. The Balaban J connectivity index is 2.56. The summed E-state index contributed by atoms with van der Waals surface area (Å²) < 4.78 is 27.7. The molecule has 1 aromatic carbocycles. The van der Waals surface area contributed by atoms with Crippen molar-refractivity contribution in [3.63, 3.8) is 0 Å². The van der Waals surface area contributed by atoms with E-state index >= 15 is 0 Å². The Morgan fingerprint density at radius 3 is 2.76 bits per heavy atom. The fourth-order valence-electron chi connectivity index (χ4n) is 1.56. The van der Waals surface area contributed by atoms with Gasteiger partial charge in [0.2, 0.25) is 0 Å². The van der Waals surface area contributed by atoms with E-state index in [1.54, 1.807) is 24.3 Å². The fourth-order valence-corrected chi connectivity index (χ4v) is 1.95. The lowest BCUT2D eigenvalue weighted by atomic mass is 10.2. The van der Waals surface area contributed by atoms with Crippen molar-refractivity contribution >= 4 is 15.9 Å². The fraction of sp³-hybridized carbons (Fsp3) is 0.182. The van der Waals surface area contributed by atoms with Crippen molar-refractivity contribution in [3.05, 3.63) is 46.2 Å². The number of aliphatic hydroxyl groups is 1. The van der Waals surface area contributed by atoms with Crippen molar-refractivity contribution in [1.29, 1.82) is 0 Å². The molecule has 1 N–H and O–H groups in total. The van der Waals surface area contributed by atoms with Crippen molar-refractivity contribution in [2.45, 2.75) is 13.0 Å². The molecule has 3 nitrogen and oxygen atoms in total. The maximum atomic E-state index is 12.9. The average molecular weight is 303 g/mol. The average Bonchev–Trinajstić information content (AvgIpc) is 2.72. The lowest BCUT2D eigenvalue weighted by Gasteiger charge is -2.08. The molecule has 90 valence electrons. The van der Waals surface area contributed by atoms with E-state index in [1.807, 2.05) is 0 Å². The van der Waals surface area contributed by atoms with Crippen LogP contribution in [0.1, 0.15) is 17.7 Å². The van der Waals surface area contributed by atoms with E-state index in [1.165, 1.54) is 6.20 Å². The third-order valence-electron chi connectivity index (χ3n) is 2.32. The molecule has 0 aliphatic heterocycles. The van der Waals surface area contributed by atoms with Crippen LogP contribution >= 0.6 is 15.9 Å². The Morgan fingerprint density at radius 1 is 1.41 bits per heavy atom. The molecule has 0 aliphatic carbocycles. The molecule has 0 aliphatic rings. The number of aliphatic hydroxyl groups excluding tert-OH is 1. The summed E-state index contributed by atoms with van der Waals surface area (Å²) in [7, 11) is 0. The summed E-state index contributed by atoms with van der Waals surface area (Å²) in [6.07, 6.45) is -1.43. The Hall–Kier alpha value is -1.27. The van der Waals surface area contributed by atoms with Gasteiger partial charge < -0.3 is 5.11 Å². The number of benzene rings is 1. The van der Waals surface area contributed by atoms with Crippen LogP contribution in [0.4, 0.5) is 8.78 Å². The normalized spacial score (nSPS) is 11.1. The molecule has 0 fully saturated rings. The molecule has 0 atom stereocenters. The highest BCUT2D eigenvalue weighted by atomic mass is 79.9. The molecule has 0 saturated heterocycles. The Morgan fingerprint density at radius 2 is 2.18 bits per heavy atom. The standard InChI is InChI=1S/C11H9BrF2N2O/c12-8-2-1-3-9(4-8)16-10(11(13)14)7(6-17)5-15-16/h1-5,11,17H,6H2. The molecule has 2 rings (SSSR count). The summed E-state index contributed by atoms with van der Waals surface area (Å²) in [5.41, 5.74) is 0.389. The predicted octanol–water partition coefficient (Wildman–Crippen LogP) is 3.06.